The number of pyridine rings is 1. The van der Waals surface area contributed by atoms with Crippen LogP contribution in [0, 0.1) is 0 Å². The maximum Gasteiger partial charge on any atom is 0.250 e. The van der Waals surface area contributed by atoms with E-state index in [1.807, 2.05) is 24.3 Å². The van der Waals surface area contributed by atoms with Crippen LogP contribution in [0.4, 0.5) is 17.3 Å². The third kappa shape index (κ3) is 3.87. The molecule has 0 spiro atoms. The van der Waals surface area contributed by atoms with Crippen molar-refractivity contribution in [1.82, 2.24) is 15.0 Å². The Balaban J connectivity index is 1.96. The molecule has 8 heteroatoms. The number of carbonyl (C=O) groups excluding carboxylic acids is 1. The zero-order valence-electron chi connectivity index (χ0n) is 12.2. The molecule has 1 amide bonds. The molecular weight excluding hydrogens is 394 g/mol. The van der Waals surface area contributed by atoms with E-state index in [1.165, 1.54) is 12.4 Å². The van der Waals surface area contributed by atoms with Crippen LogP contribution in [0.2, 0.25) is 0 Å². The summed E-state index contributed by atoms with van der Waals surface area (Å²) in [6.45, 7) is 0. The number of benzene rings is 1. The van der Waals surface area contributed by atoms with Crippen molar-refractivity contribution in [3.63, 3.8) is 0 Å². The third-order valence-electron chi connectivity index (χ3n) is 3.07. The summed E-state index contributed by atoms with van der Waals surface area (Å²) < 4.78 is 0.952. The third-order valence-corrected chi connectivity index (χ3v) is 3.69. The summed E-state index contributed by atoms with van der Waals surface area (Å²) in [6.07, 6.45) is 4.23. The number of halogens is 2. The van der Waals surface area contributed by atoms with E-state index in [0.29, 0.717) is 17.2 Å². The lowest BCUT2D eigenvalue weighted by Crippen LogP contribution is -2.09. The van der Waals surface area contributed by atoms with Gasteiger partial charge in [-0.25, -0.2) is 15.0 Å². The van der Waals surface area contributed by atoms with Gasteiger partial charge in [0, 0.05) is 27.2 Å². The Morgan fingerprint density at radius 3 is 2.88 bits per heavy atom. The molecule has 0 radical (unpaired) electrons. The van der Waals surface area contributed by atoms with Crippen LogP contribution in [-0.4, -0.2) is 20.9 Å². The number of nitrogens with one attached hydrogen (secondary N) is 2. The molecule has 3 aromatic rings. The largest absolute Gasteiger partial charge is 0.340 e. The van der Waals surface area contributed by atoms with Gasteiger partial charge in [-0.15, -0.1) is 0 Å². The van der Waals surface area contributed by atoms with Gasteiger partial charge in [-0.2, -0.15) is 0 Å². The molecule has 0 aliphatic carbocycles. The van der Waals surface area contributed by atoms with E-state index in [9.17, 15) is 4.79 Å². The predicted molar refractivity (Wildman–Crippen MR) is 98.4 cm³/mol. The van der Waals surface area contributed by atoms with Crippen LogP contribution < -0.4 is 10.6 Å². The second-order valence-electron chi connectivity index (χ2n) is 4.73. The molecule has 0 saturated heterocycles. The lowest BCUT2D eigenvalue weighted by atomic mass is 10.2. The van der Waals surface area contributed by atoms with Crippen molar-refractivity contribution in [2.75, 3.05) is 10.6 Å². The van der Waals surface area contributed by atoms with Gasteiger partial charge >= 0.3 is 0 Å². The number of amides is 1. The Hall–Kier alpha value is -2.51. The van der Waals surface area contributed by atoms with Gasteiger partial charge in [0.2, 0.25) is 5.91 Å². The lowest BCUT2D eigenvalue weighted by Gasteiger charge is -2.09. The first-order valence-corrected chi connectivity index (χ1v) is 8.10. The molecule has 3 rings (SSSR count). The number of hydrogen-bond acceptors (Lipinski definition) is 5. The molecule has 0 unspecified atom stereocenters. The lowest BCUT2D eigenvalue weighted by molar-refractivity contribution is -0.111. The summed E-state index contributed by atoms with van der Waals surface area (Å²) in [7, 11) is 0. The topological polar surface area (TPSA) is 79.8 Å². The van der Waals surface area contributed by atoms with Crippen molar-refractivity contribution >= 4 is 61.7 Å². The van der Waals surface area contributed by atoms with Crippen LogP contribution in [0.15, 0.2) is 58.9 Å². The van der Waals surface area contributed by atoms with E-state index in [-0.39, 0.29) is 5.91 Å². The molecule has 2 aromatic heterocycles. The van der Waals surface area contributed by atoms with Crippen LogP contribution in [0.3, 0.4) is 0 Å². The fourth-order valence-corrected chi connectivity index (χ4v) is 2.57. The number of aromatic nitrogens is 3. The number of carbonyl (C=O) groups is 1. The van der Waals surface area contributed by atoms with Gasteiger partial charge in [-0.3, -0.25) is 4.79 Å². The minimum Gasteiger partial charge on any atom is -0.340 e. The molecule has 2 heterocycles. The van der Waals surface area contributed by atoms with E-state index in [1.54, 1.807) is 12.3 Å². The number of hydrogen-bond donors (Lipinski definition) is 2. The average molecular weight is 405 g/mol. The van der Waals surface area contributed by atoms with Crippen molar-refractivity contribution in [2.24, 2.45) is 0 Å². The molecular formula is C16H11BrClN5O. The molecule has 0 saturated carbocycles. The summed E-state index contributed by atoms with van der Waals surface area (Å²) in [6, 6.07) is 9.42. The monoisotopic (exact) mass is 403 g/mol. The SMILES string of the molecule is O=C(C=CCl)Nc1cc2c(Nc3cccc(Br)c3)ncnc2cn1. The van der Waals surface area contributed by atoms with Crippen LogP contribution >= 0.6 is 27.5 Å². The molecule has 0 aliphatic rings. The molecule has 0 fully saturated rings. The highest BCUT2D eigenvalue weighted by molar-refractivity contribution is 9.10. The zero-order chi connectivity index (χ0) is 16.9. The molecule has 1 aromatic carbocycles. The number of nitrogens with zero attached hydrogens (tertiary/aromatic N) is 3. The van der Waals surface area contributed by atoms with Crippen LogP contribution in [0.5, 0.6) is 0 Å². The second kappa shape index (κ2) is 7.37. The van der Waals surface area contributed by atoms with E-state index in [2.05, 4.69) is 41.5 Å². The highest BCUT2D eigenvalue weighted by atomic mass is 79.9. The smallest absolute Gasteiger partial charge is 0.250 e. The Kier molecular flexibility index (Phi) is 5.02. The molecule has 2 N–H and O–H groups in total. The van der Waals surface area contributed by atoms with E-state index < -0.39 is 0 Å². The molecule has 120 valence electrons. The molecule has 24 heavy (non-hydrogen) atoms. The van der Waals surface area contributed by atoms with Crippen molar-refractivity contribution in [2.45, 2.75) is 0 Å². The molecule has 0 atom stereocenters. The van der Waals surface area contributed by atoms with Crippen molar-refractivity contribution in [3.05, 3.63) is 58.9 Å². The Bertz CT molecular complexity index is 931. The van der Waals surface area contributed by atoms with Gasteiger partial charge in [0.15, 0.2) is 0 Å². The van der Waals surface area contributed by atoms with Crippen molar-refractivity contribution < 1.29 is 4.79 Å². The van der Waals surface area contributed by atoms with Gasteiger partial charge in [-0.1, -0.05) is 33.6 Å². The first-order valence-electron chi connectivity index (χ1n) is 6.87. The van der Waals surface area contributed by atoms with Crippen LogP contribution in [0.25, 0.3) is 10.9 Å². The predicted octanol–water partition coefficient (Wildman–Crippen LogP) is 4.22. The van der Waals surface area contributed by atoms with Crippen molar-refractivity contribution in [3.8, 4) is 0 Å². The summed E-state index contributed by atoms with van der Waals surface area (Å²) in [5, 5.41) is 6.59. The van der Waals surface area contributed by atoms with Crippen LogP contribution in [-0.2, 0) is 4.79 Å². The minimum absolute atomic E-state index is 0.366. The fourth-order valence-electron chi connectivity index (χ4n) is 2.06. The summed E-state index contributed by atoms with van der Waals surface area (Å²) in [5.74, 6) is 0.633. The highest BCUT2D eigenvalue weighted by Gasteiger charge is 2.08. The van der Waals surface area contributed by atoms with Gasteiger partial charge < -0.3 is 10.6 Å². The maximum atomic E-state index is 11.6. The Morgan fingerprint density at radius 1 is 1.21 bits per heavy atom. The molecule has 0 aliphatic heterocycles. The fraction of sp³-hybridized carbons (Fsp3) is 0. The molecule has 0 bridgehead atoms. The minimum atomic E-state index is -0.366. The zero-order valence-corrected chi connectivity index (χ0v) is 14.5. The van der Waals surface area contributed by atoms with Gasteiger partial charge in [-0.05, 0) is 24.3 Å². The van der Waals surface area contributed by atoms with E-state index >= 15 is 0 Å². The second-order valence-corrected chi connectivity index (χ2v) is 5.89. The Labute approximate surface area is 151 Å². The average Bonchev–Trinajstić information content (AvgIpc) is 2.56. The molecule has 6 nitrogen and oxygen atoms in total. The van der Waals surface area contributed by atoms with Gasteiger partial charge in [0.25, 0.3) is 0 Å². The standard InChI is InChI=1S/C16H11BrClN5O/c17-10-2-1-3-11(6-10)22-16-12-7-14(23-15(24)4-5-18)19-8-13(12)20-9-21-16/h1-9H,(H,19,23,24)(H,20,21,22). The summed E-state index contributed by atoms with van der Waals surface area (Å²) >= 11 is 8.82. The summed E-state index contributed by atoms with van der Waals surface area (Å²) in [5.41, 5.74) is 2.67. The quantitative estimate of drug-likeness (QED) is 0.636. The Morgan fingerprint density at radius 2 is 2.08 bits per heavy atom. The normalized spacial score (nSPS) is 10.9. The van der Waals surface area contributed by atoms with E-state index in [0.717, 1.165) is 21.1 Å². The van der Waals surface area contributed by atoms with E-state index in [4.69, 9.17) is 11.6 Å². The number of rotatable bonds is 4. The van der Waals surface area contributed by atoms with Crippen molar-refractivity contribution in [1.29, 1.82) is 0 Å². The first-order chi connectivity index (χ1) is 11.7. The number of fused-ring (bicyclic) bond motifs is 1. The maximum absolute atomic E-state index is 11.6. The number of anilines is 3. The van der Waals surface area contributed by atoms with Gasteiger partial charge in [0.1, 0.15) is 18.0 Å². The van der Waals surface area contributed by atoms with Crippen LogP contribution in [0.1, 0.15) is 0 Å². The highest BCUT2D eigenvalue weighted by Crippen LogP contribution is 2.25. The first kappa shape index (κ1) is 16.4. The van der Waals surface area contributed by atoms with Gasteiger partial charge in [0.05, 0.1) is 11.7 Å². The summed E-state index contributed by atoms with van der Waals surface area (Å²) in [4.78, 5) is 24.2.